The van der Waals surface area contributed by atoms with Crippen molar-refractivity contribution in [1.82, 2.24) is 10.3 Å². The number of pyridine rings is 1. The third kappa shape index (κ3) is 4.77. The van der Waals surface area contributed by atoms with Gasteiger partial charge >= 0.3 is 5.97 Å². The Labute approximate surface area is 190 Å². The molecule has 0 saturated heterocycles. The van der Waals surface area contributed by atoms with E-state index in [0.29, 0.717) is 11.5 Å². The normalized spacial score (nSPS) is 17.9. The average molecular weight is 436 g/mol. The van der Waals surface area contributed by atoms with Crippen molar-refractivity contribution in [2.75, 3.05) is 6.61 Å². The molecular weight excluding hydrogens is 402 g/mol. The van der Waals surface area contributed by atoms with Gasteiger partial charge in [-0.25, -0.2) is 4.79 Å². The first-order valence-corrected chi connectivity index (χ1v) is 11.3. The van der Waals surface area contributed by atoms with E-state index in [2.05, 4.69) is 32.2 Å². The summed E-state index contributed by atoms with van der Waals surface area (Å²) in [5.41, 5.74) is 2.24. The van der Waals surface area contributed by atoms with E-state index in [4.69, 9.17) is 9.72 Å². The zero-order valence-electron chi connectivity index (χ0n) is 19.9. The van der Waals surface area contributed by atoms with Crippen LogP contribution in [0, 0.1) is 28.6 Å². The summed E-state index contributed by atoms with van der Waals surface area (Å²) in [7, 11) is 0. The summed E-state index contributed by atoms with van der Waals surface area (Å²) in [6.07, 6.45) is 2.60. The van der Waals surface area contributed by atoms with Gasteiger partial charge < -0.3 is 10.1 Å². The maximum Gasteiger partial charge on any atom is 0.339 e. The van der Waals surface area contributed by atoms with Crippen molar-refractivity contribution in [2.45, 2.75) is 66.3 Å². The van der Waals surface area contributed by atoms with E-state index in [9.17, 15) is 14.9 Å². The summed E-state index contributed by atoms with van der Waals surface area (Å²) < 4.78 is 5.47. The van der Waals surface area contributed by atoms with Crippen LogP contribution in [0.25, 0.3) is 10.9 Å². The lowest BCUT2D eigenvalue weighted by atomic mass is 9.70. The Balaban J connectivity index is 1.90. The minimum atomic E-state index is -1.02. The number of rotatable bonds is 5. The average Bonchev–Trinajstić information content (AvgIpc) is 2.74. The molecule has 1 amide bonds. The van der Waals surface area contributed by atoms with E-state index in [1.165, 1.54) is 0 Å². The topological polar surface area (TPSA) is 92.1 Å². The van der Waals surface area contributed by atoms with Gasteiger partial charge in [-0.15, -0.1) is 0 Å². The van der Waals surface area contributed by atoms with Crippen LogP contribution in [0.5, 0.6) is 0 Å². The fraction of sp³-hybridized carbons (Fsp3) is 0.538. The maximum absolute atomic E-state index is 13.3. The Morgan fingerprint density at radius 1 is 1.25 bits per heavy atom. The Bertz CT molecular complexity index is 1080. The largest absolute Gasteiger partial charge is 0.452 e. The van der Waals surface area contributed by atoms with Gasteiger partial charge in [0.15, 0.2) is 6.61 Å². The molecular formula is C26H33N3O3. The van der Waals surface area contributed by atoms with Crippen LogP contribution in [-0.2, 0) is 22.4 Å². The zero-order valence-corrected chi connectivity index (χ0v) is 19.9. The first-order chi connectivity index (χ1) is 15.0. The number of amides is 1. The summed E-state index contributed by atoms with van der Waals surface area (Å²) in [4.78, 5) is 30.5. The molecule has 0 spiro atoms. The number of esters is 1. The van der Waals surface area contributed by atoms with Crippen LogP contribution in [-0.4, -0.2) is 29.0 Å². The van der Waals surface area contributed by atoms with E-state index in [0.717, 1.165) is 41.4 Å². The number of nitriles is 1. The lowest BCUT2D eigenvalue weighted by molar-refractivity contribution is -0.125. The van der Waals surface area contributed by atoms with Crippen molar-refractivity contribution >= 4 is 22.8 Å². The smallest absolute Gasteiger partial charge is 0.339 e. The van der Waals surface area contributed by atoms with Crippen LogP contribution in [0.1, 0.15) is 69.6 Å². The van der Waals surface area contributed by atoms with Gasteiger partial charge in [0.1, 0.15) is 5.54 Å². The SMILES string of the molecule is CC(C)[C@](C)(C#N)NC(=O)COC(=O)c1c2c(nc3ccccc13)CC[C@H](C(C)(C)C)C2. The summed E-state index contributed by atoms with van der Waals surface area (Å²) in [6, 6.07) is 9.69. The van der Waals surface area contributed by atoms with E-state index >= 15 is 0 Å². The highest BCUT2D eigenvalue weighted by Crippen LogP contribution is 2.39. The molecule has 32 heavy (non-hydrogen) atoms. The number of aryl methyl sites for hydroxylation is 1. The number of hydrogen-bond acceptors (Lipinski definition) is 5. The van der Waals surface area contributed by atoms with Gasteiger partial charge in [0.05, 0.1) is 17.1 Å². The number of para-hydroxylation sites is 1. The van der Waals surface area contributed by atoms with Crippen LogP contribution >= 0.6 is 0 Å². The molecule has 1 N–H and O–H groups in total. The molecule has 1 aromatic heterocycles. The van der Waals surface area contributed by atoms with Gasteiger partial charge in [0.25, 0.3) is 5.91 Å². The number of hydrogen-bond donors (Lipinski definition) is 1. The number of carbonyl (C=O) groups is 2. The van der Waals surface area contributed by atoms with Crippen LogP contribution in [0.4, 0.5) is 0 Å². The van der Waals surface area contributed by atoms with Crippen molar-refractivity contribution in [3.05, 3.63) is 41.1 Å². The van der Waals surface area contributed by atoms with Gasteiger partial charge in [-0.2, -0.15) is 5.26 Å². The Kier molecular flexibility index (Phi) is 6.59. The number of aromatic nitrogens is 1. The first kappa shape index (κ1) is 23.7. The van der Waals surface area contributed by atoms with E-state index in [-0.39, 0.29) is 11.3 Å². The zero-order chi connectivity index (χ0) is 23.7. The quantitative estimate of drug-likeness (QED) is 0.693. The molecule has 0 bridgehead atoms. The molecule has 1 aliphatic rings. The van der Waals surface area contributed by atoms with Gasteiger partial charge in [0, 0.05) is 11.1 Å². The predicted octanol–water partition coefficient (Wildman–Crippen LogP) is 4.60. The summed E-state index contributed by atoms with van der Waals surface area (Å²) in [5, 5.41) is 12.9. The molecule has 0 saturated carbocycles. The van der Waals surface area contributed by atoms with Crippen LogP contribution in [0.15, 0.2) is 24.3 Å². The van der Waals surface area contributed by atoms with Crippen molar-refractivity contribution in [1.29, 1.82) is 5.26 Å². The summed E-state index contributed by atoms with van der Waals surface area (Å²) >= 11 is 0. The summed E-state index contributed by atoms with van der Waals surface area (Å²) in [5.74, 6) is -0.670. The second-order valence-corrected chi connectivity index (χ2v) is 10.3. The third-order valence-corrected chi connectivity index (χ3v) is 6.81. The second-order valence-electron chi connectivity index (χ2n) is 10.3. The van der Waals surface area contributed by atoms with E-state index < -0.39 is 24.0 Å². The van der Waals surface area contributed by atoms with Gasteiger partial charge in [-0.1, -0.05) is 52.8 Å². The molecule has 170 valence electrons. The third-order valence-electron chi connectivity index (χ3n) is 6.81. The van der Waals surface area contributed by atoms with E-state index in [1.54, 1.807) is 6.92 Å². The Morgan fingerprint density at radius 3 is 2.56 bits per heavy atom. The molecule has 1 aromatic carbocycles. The fourth-order valence-electron chi connectivity index (χ4n) is 4.19. The number of benzene rings is 1. The minimum absolute atomic E-state index is 0.0855. The van der Waals surface area contributed by atoms with Crippen LogP contribution in [0.3, 0.4) is 0 Å². The number of ether oxygens (including phenoxy) is 1. The maximum atomic E-state index is 13.3. The number of nitrogens with zero attached hydrogens (tertiary/aromatic N) is 2. The minimum Gasteiger partial charge on any atom is -0.452 e. The molecule has 0 radical (unpaired) electrons. The monoisotopic (exact) mass is 435 g/mol. The van der Waals surface area contributed by atoms with Crippen molar-refractivity contribution in [2.24, 2.45) is 17.3 Å². The van der Waals surface area contributed by atoms with Crippen molar-refractivity contribution in [3.63, 3.8) is 0 Å². The Morgan fingerprint density at radius 2 is 1.94 bits per heavy atom. The molecule has 0 unspecified atom stereocenters. The van der Waals surface area contributed by atoms with Gasteiger partial charge in [0.2, 0.25) is 0 Å². The highest BCUT2D eigenvalue weighted by atomic mass is 16.5. The molecule has 6 nitrogen and oxygen atoms in total. The number of nitrogens with one attached hydrogen (secondary N) is 1. The number of carbonyl (C=O) groups excluding carboxylic acids is 2. The predicted molar refractivity (Wildman–Crippen MR) is 124 cm³/mol. The molecule has 3 rings (SSSR count). The van der Waals surface area contributed by atoms with Crippen molar-refractivity contribution in [3.8, 4) is 6.07 Å². The fourth-order valence-corrected chi connectivity index (χ4v) is 4.19. The molecule has 0 aliphatic heterocycles. The van der Waals surface area contributed by atoms with Gasteiger partial charge in [-0.3, -0.25) is 9.78 Å². The molecule has 0 fully saturated rings. The molecule has 1 heterocycles. The molecule has 1 aliphatic carbocycles. The van der Waals surface area contributed by atoms with E-state index in [1.807, 2.05) is 38.1 Å². The van der Waals surface area contributed by atoms with Gasteiger partial charge in [-0.05, 0) is 55.1 Å². The van der Waals surface area contributed by atoms with Crippen LogP contribution in [0.2, 0.25) is 0 Å². The molecule has 2 atom stereocenters. The molecule has 2 aromatic rings. The Hall–Kier alpha value is -2.94. The summed E-state index contributed by atoms with van der Waals surface area (Å²) in [6.45, 7) is 11.6. The standard InChI is InChI=1S/C26H33N3O3/c1-16(2)26(6,15-27)29-22(30)14-32-24(31)23-18-9-7-8-10-20(18)28-21-12-11-17(13-19(21)23)25(3,4)5/h7-10,16-17H,11-14H2,1-6H3,(H,29,30)/t17-,26-/m0/s1. The van der Waals surface area contributed by atoms with Crippen molar-refractivity contribution < 1.29 is 14.3 Å². The lowest BCUT2D eigenvalue weighted by Crippen LogP contribution is -2.50. The second kappa shape index (κ2) is 8.90. The highest BCUT2D eigenvalue weighted by molar-refractivity contribution is 6.05. The first-order valence-electron chi connectivity index (χ1n) is 11.3. The lowest BCUT2D eigenvalue weighted by Gasteiger charge is -2.35. The molecule has 6 heteroatoms. The highest BCUT2D eigenvalue weighted by Gasteiger charge is 2.34. The van der Waals surface area contributed by atoms with Crippen LogP contribution < -0.4 is 5.32 Å². The number of fused-ring (bicyclic) bond motifs is 2.